The van der Waals surface area contributed by atoms with Crippen LogP contribution in [0, 0.1) is 0 Å². The minimum atomic E-state index is -0.460. The second-order valence-corrected chi connectivity index (χ2v) is 10.3. The lowest BCUT2D eigenvalue weighted by Crippen LogP contribution is -2.21. The maximum absolute atomic E-state index is 13.4. The van der Waals surface area contributed by atoms with Gasteiger partial charge in [0.15, 0.2) is 17.2 Å². The van der Waals surface area contributed by atoms with Crippen molar-refractivity contribution in [3.05, 3.63) is 129 Å². The third-order valence-electron chi connectivity index (χ3n) is 7.04. The van der Waals surface area contributed by atoms with Crippen molar-refractivity contribution in [2.45, 2.75) is 5.92 Å². The van der Waals surface area contributed by atoms with E-state index in [0.29, 0.717) is 39.8 Å². The molecule has 0 bridgehead atoms. The van der Waals surface area contributed by atoms with Crippen molar-refractivity contribution in [3.8, 4) is 34.1 Å². The third-order valence-corrected chi connectivity index (χ3v) is 7.98. The van der Waals surface area contributed by atoms with Crippen LogP contribution >= 0.6 is 11.3 Å². The van der Waals surface area contributed by atoms with Crippen LogP contribution < -0.4 is 10.4 Å². The highest BCUT2D eigenvalue weighted by Crippen LogP contribution is 2.49. The fraction of sp³-hybridized carbons (Fsp3) is 0.0323. The molecule has 1 aliphatic rings. The van der Waals surface area contributed by atoms with Crippen LogP contribution in [0.2, 0.25) is 0 Å². The molecule has 8 heteroatoms. The quantitative estimate of drug-likeness (QED) is 0.233. The molecule has 0 saturated heterocycles. The van der Waals surface area contributed by atoms with E-state index >= 15 is 0 Å². The van der Waals surface area contributed by atoms with Gasteiger partial charge in [-0.05, 0) is 34.7 Å². The molecule has 39 heavy (non-hydrogen) atoms. The Morgan fingerprint density at radius 1 is 0.795 bits per heavy atom. The van der Waals surface area contributed by atoms with E-state index in [9.17, 15) is 4.79 Å². The van der Waals surface area contributed by atoms with Gasteiger partial charge in [-0.3, -0.25) is 0 Å². The fourth-order valence-corrected chi connectivity index (χ4v) is 6.08. The molecule has 0 spiro atoms. The Morgan fingerprint density at radius 3 is 2.38 bits per heavy atom. The SMILES string of the molecule is O=c1oc2ccccc2c2c1C(c1cccs1)c1c(ncn3nc(-c4ccc(-c5ccccc5)cc4)nc13)O2. The molecule has 0 N–H and O–H groups in total. The number of benzene rings is 3. The van der Waals surface area contributed by atoms with Gasteiger partial charge in [0, 0.05) is 10.4 Å². The van der Waals surface area contributed by atoms with E-state index in [-0.39, 0.29) is 0 Å². The molecule has 0 radical (unpaired) electrons. The van der Waals surface area contributed by atoms with E-state index < -0.39 is 11.5 Å². The molecule has 0 fully saturated rings. The van der Waals surface area contributed by atoms with Gasteiger partial charge in [-0.15, -0.1) is 16.4 Å². The van der Waals surface area contributed by atoms with E-state index in [0.717, 1.165) is 27.0 Å². The lowest BCUT2D eigenvalue weighted by Gasteiger charge is -2.26. The number of fused-ring (bicyclic) bond motifs is 6. The number of rotatable bonds is 3. The van der Waals surface area contributed by atoms with Crippen molar-refractivity contribution in [2.24, 2.45) is 0 Å². The van der Waals surface area contributed by atoms with Gasteiger partial charge in [0.05, 0.1) is 22.4 Å². The second-order valence-electron chi connectivity index (χ2n) is 9.29. The normalized spacial score (nSPS) is 14.2. The van der Waals surface area contributed by atoms with Gasteiger partial charge in [0.2, 0.25) is 5.88 Å². The first-order chi connectivity index (χ1) is 19.2. The predicted molar refractivity (Wildman–Crippen MR) is 149 cm³/mol. The van der Waals surface area contributed by atoms with Crippen molar-refractivity contribution >= 4 is 28.0 Å². The Labute approximate surface area is 225 Å². The first-order valence-corrected chi connectivity index (χ1v) is 13.3. The van der Waals surface area contributed by atoms with Crippen molar-refractivity contribution in [3.63, 3.8) is 0 Å². The van der Waals surface area contributed by atoms with Crippen molar-refractivity contribution in [1.29, 1.82) is 0 Å². The average Bonchev–Trinajstić information content (AvgIpc) is 3.67. The highest BCUT2D eigenvalue weighted by Gasteiger charge is 2.38. The van der Waals surface area contributed by atoms with Crippen LogP contribution in [0.1, 0.15) is 21.9 Å². The lowest BCUT2D eigenvalue weighted by molar-refractivity contribution is 0.423. The van der Waals surface area contributed by atoms with Gasteiger partial charge in [-0.1, -0.05) is 72.8 Å². The molecular weight excluding hydrogens is 508 g/mol. The van der Waals surface area contributed by atoms with Crippen molar-refractivity contribution in [1.82, 2.24) is 19.6 Å². The summed E-state index contributed by atoms with van der Waals surface area (Å²) < 4.78 is 13.7. The maximum atomic E-state index is 13.4. The first-order valence-electron chi connectivity index (χ1n) is 12.4. The monoisotopic (exact) mass is 526 g/mol. The minimum Gasteiger partial charge on any atom is -0.437 e. The van der Waals surface area contributed by atoms with Crippen LogP contribution in [-0.2, 0) is 0 Å². The average molecular weight is 527 g/mol. The Bertz CT molecular complexity index is 2060. The Balaban J connectivity index is 1.31. The predicted octanol–water partition coefficient (Wildman–Crippen LogP) is 6.91. The van der Waals surface area contributed by atoms with Crippen LogP contribution in [0.4, 0.5) is 0 Å². The molecule has 0 amide bonds. The van der Waals surface area contributed by atoms with E-state index in [1.807, 2.05) is 66.0 Å². The van der Waals surface area contributed by atoms with Crippen LogP contribution in [-0.4, -0.2) is 19.6 Å². The summed E-state index contributed by atoms with van der Waals surface area (Å²) in [7, 11) is 0. The summed E-state index contributed by atoms with van der Waals surface area (Å²) in [4.78, 5) is 23.9. The minimum absolute atomic E-state index is 0.405. The molecule has 3 aromatic carbocycles. The zero-order valence-corrected chi connectivity index (χ0v) is 21.1. The summed E-state index contributed by atoms with van der Waals surface area (Å²) in [5, 5.41) is 7.44. The molecule has 186 valence electrons. The molecule has 0 saturated carbocycles. The molecule has 1 unspecified atom stereocenters. The lowest BCUT2D eigenvalue weighted by atomic mass is 9.88. The van der Waals surface area contributed by atoms with Crippen LogP contribution in [0.25, 0.3) is 39.1 Å². The molecular formula is C31H18N4O3S. The highest BCUT2D eigenvalue weighted by atomic mass is 32.1. The number of ether oxygens (including phenoxy) is 1. The van der Waals surface area contributed by atoms with Gasteiger partial charge in [0.1, 0.15) is 11.9 Å². The van der Waals surface area contributed by atoms with Gasteiger partial charge in [-0.25, -0.2) is 19.3 Å². The van der Waals surface area contributed by atoms with Crippen LogP contribution in [0.15, 0.2) is 112 Å². The molecule has 7 nitrogen and oxygen atoms in total. The number of hydrogen-bond donors (Lipinski definition) is 0. The fourth-order valence-electron chi connectivity index (χ4n) is 5.23. The highest BCUT2D eigenvalue weighted by molar-refractivity contribution is 7.10. The number of thiophene rings is 1. The van der Waals surface area contributed by atoms with Gasteiger partial charge >= 0.3 is 5.63 Å². The summed E-state index contributed by atoms with van der Waals surface area (Å²) in [5.41, 5.74) is 4.88. The number of hydrogen-bond acceptors (Lipinski definition) is 7. The van der Waals surface area contributed by atoms with Gasteiger partial charge < -0.3 is 9.15 Å². The van der Waals surface area contributed by atoms with Gasteiger partial charge in [-0.2, -0.15) is 0 Å². The molecule has 7 aromatic rings. The zero-order valence-electron chi connectivity index (χ0n) is 20.3. The number of para-hydroxylation sites is 1. The van der Waals surface area contributed by atoms with Crippen LogP contribution in [0.3, 0.4) is 0 Å². The van der Waals surface area contributed by atoms with E-state index in [1.54, 1.807) is 28.2 Å². The Morgan fingerprint density at radius 2 is 1.56 bits per heavy atom. The number of aromatic nitrogens is 4. The van der Waals surface area contributed by atoms with E-state index in [4.69, 9.17) is 19.2 Å². The molecule has 5 heterocycles. The first kappa shape index (κ1) is 22.0. The van der Waals surface area contributed by atoms with E-state index in [1.165, 1.54) is 0 Å². The zero-order chi connectivity index (χ0) is 25.9. The van der Waals surface area contributed by atoms with Crippen molar-refractivity contribution < 1.29 is 9.15 Å². The molecule has 1 atom stereocenters. The second kappa shape index (κ2) is 8.47. The summed E-state index contributed by atoms with van der Waals surface area (Å²) in [5.74, 6) is 0.979. The topological polar surface area (TPSA) is 82.5 Å². The Kier molecular flexibility index (Phi) is 4.77. The Hall–Kier alpha value is -5.08. The van der Waals surface area contributed by atoms with Gasteiger partial charge in [0.25, 0.3) is 0 Å². The molecule has 4 aromatic heterocycles. The molecule has 1 aliphatic heterocycles. The summed E-state index contributed by atoms with van der Waals surface area (Å²) in [6.07, 6.45) is 1.60. The smallest absolute Gasteiger partial charge is 0.344 e. The summed E-state index contributed by atoms with van der Waals surface area (Å²) in [6, 6.07) is 29.7. The summed E-state index contributed by atoms with van der Waals surface area (Å²) in [6.45, 7) is 0. The van der Waals surface area contributed by atoms with E-state index in [2.05, 4.69) is 29.2 Å². The number of nitrogens with zero attached hydrogens (tertiary/aromatic N) is 4. The maximum Gasteiger partial charge on any atom is 0.344 e. The molecule has 0 aliphatic carbocycles. The third kappa shape index (κ3) is 3.42. The largest absolute Gasteiger partial charge is 0.437 e. The molecule has 8 rings (SSSR count). The summed E-state index contributed by atoms with van der Waals surface area (Å²) >= 11 is 1.56. The van der Waals surface area contributed by atoms with Crippen LogP contribution in [0.5, 0.6) is 11.6 Å². The van der Waals surface area contributed by atoms with Crippen molar-refractivity contribution in [2.75, 3.05) is 0 Å². The standard InChI is InChI=1S/C31H18N4O3S/c36-31-25-24(23-11-6-16-39-23)26-29-33-28(20-14-12-19(13-15-20)18-7-2-1-3-8-18)34-35(29)17-32-30(26)38-27(25)21-9-4-5-10-22(21)37-31/h1-17,24H.